The van der Waals surface area contributed by atoms with Crippen LogP contribution in [0.15, 0.2) is 60.7 Å². The van der Waals surface area contributed by atoms with Crippen LogP contribution in [0.1, 0.15) is 50.3 Å². The van der Waals surface area contributed by atoms with Gasteiger partial charge in [-0.3, -0.25) is 0 Å². The number of allylic oxidation sites excluding steroid dienone is 1. The Hall–Kier alpha value is -1.82. The summed E-state index contributed by atoms with van der Waals surface area (Å²) in [5.41, 5.74) is 5.31. The van der Waals surface area contributed by atoms with Gasteiger partial charge in [0.1, 0.15) is 0 Å². The molecule has 0 aliphatic carbocycles. The predicted octanol–water partition coefficient (Wildman–Crippen LogP) is 5.90. The van der Waals surface area contributed by atoms with Crippen molar-refractivity contribution in [2.45, 2.75) is 33.6 Å². The molecule has 0 unspecified atom stereocenters. The van der Waals surface area contributed by atoms with E-state index in [1.165, 1.54) is 22.3 Å². The largest absolute Gasteiger partial charge is 0.0735 e. The van der Waals surface area contributed by atoms with Crippen molar-refractivity contribution in [3.63, 3.8) is 0 Å². The highest BCUT2D eigenvalue weighted by molar-refractivity contribution is 5.79. The van der Waals surface area contributed by atoms with Crippen molar-refractivity contribution in [1.29, 1.82) is 0 Å². The van der Waals surface area contributed by atoms with E-state index in [-0.39, 0.29) is 0 Å². The molecule has 0 aliphatic heterocycles. The van der Waals surface area contributed by atoms with E-state index in [0.29, 0.717) is 11.8 Å². The molecule has 0 aromatic heterocycles. The highest BCUT2D eigenvalue weighted by Gasteiger charge is 2.06. The smallest absolute Gasteiger partial charge is 0.0149 e. The van der Waals surface area contributed by atoms with Crippen LogP contribution in [0, 0.1) is 5.92 Å². The quantitative estimate of drug-likeness (QED) is 0.645. The first-order valence-electron chi connectivity index (χ1n) is 7.45. The average molecular weight is 264 g/mol. The van der Waals surface area contributed by atoms with Crippen molar-refractivity contribution in [3.8, 4) is 0 Å². The summed E-state index contributed by atoms with van der Waals surface area (Å²) in [6.45, 7) is 8.92. The molecule has 104 valence electrons. The van der Waals surface area contributed by atoms with Crippen LogP contribution in [0.5, 0.6) is 0 Å². The van der Waals surface area contributed by atoms with Crippen LogP contribution in [-0.4, -0.2) is 0 Å². The molecule has 0 fully saturated rings. The number of rotatable bonds is 4. The molecule has 0 aliphatic rings. The van der Waals surface area contributed by atoms with Crippen LogP contribution >= 0.6 is 0 Å². The van der Waals surface area contributed by atoms with E-state index in [2.05, 4.69) is 88.4 Å². The standard InChI is InChI=1S/C20H24/c1-15(2)14-20(18-8-6-5-7-9-18)19-12-10-17(11-13-19)16(3)4/h5-16H,1-4H3/b20-14+. The SMILES string of the molecule is CC(C)/C=C(\c1ccccc1)c1ccc(C(C)C)cc1. The van der Waals surface area contributed by atoms with E-state index in [0.717, 1.165) is 0 Å². The Bertz CT molecular complexity index is 557. The second-order valence-corrected chi connectivity index (χ2v) is 5.97. The van der Waals surface area contributed by atoms with Crippen LogP contribution < -0.4 is 0 Å². The molecule has 0 N–H and O–H groups in total. The van der Waals surface area contributed by atoms with E-state index < -0.39 is 0 Å². The second kappa shape index (κ2) is 6.56. The first-order valence-corrected chi connectivity index (χ1v) is 7.45. The third kappa shape index (κ3) is 3.60. The van der Waals surface area contributed by atoms with Crippen LogP contribution in [0.4, 0.5) is 0 Å². The lowest BCUT2D eigenvalue weighted by Gasteiger charge is -2.12. The van der Waals surface area contributed by atoms with Gasteiger partial charge in [-0.1, -0.05) is 88.4 Å². The molecule has 0 heteroatoms. The Kier molecular flexibility index (Phi) is 4.79. The summed E-state index contributed by atoms with van der Waals surface area (Å²) in [4.78, 5) is 0. The van der Waals surface area contributed by atoms with Crippen molar-refractivity contribution >= 4 is 5.57 Å². The minimum Gasteiger partial charge on any atom is -0.0735 e. The molecule has 0 spiro atoms. The lowest BCUT2D eigenvalue weighted by Crippen LogP contribution is -1.93. The van der Waals surface area contributed by atoms with Gasteiger partial charge >= 0.3 is 0 Å². The molecular formula is C20H24. The first-order chi connectivity index (χ1) is 9.58. The molecule has 0 amide bonds. The summed E-state index contributed by atoms with van der Waals surface area (Å²) in [6.07, 6.45) is 2.35. The monoisotopic (exact) mass is 264 g/mol. The maximum Gasteiger partial charge on any atom is -0.0149 e. The van der Waals surface area contributed by atoms with Crippen molar-refractivity contribution in [2.24, 2.45) is 5.92 Å². The molecule has 0 saturated carbocycles. The third-order valence-electron chi connectivity index (χ3n) is 3.47. The zero-order valence-electron chi connectivity index (χ0n) is 12.9. The Balaban J connectivity index is 2.42. The number of benzene rings is 2. The molecular weight excluding hydrogens is 240 g/mol. The lowest BCUT2D eigenvalue weighted by atomic mass is 9.93. The summed E-state index contributed by atoms with van der Waals surface area (Å²) < 4.78 is 0. The van der Waals surface area contributed by atoms with Crippen LogP contribution in [0.2, 0.25) is 0 Å². The third-order valence-corrected chi connectivity index (χ3v) is 3.47. The molecule has 2 aromatic carbocycles. The van der Waals surface area contributed by atoms with Gasteiger partial charge in [-0.15, -0.1) is 0 Å². The molecule has 2 aromatic rings. The highest BCUT2D eigenvalue weighted by atomic mass is 14.1. The van der Waals surface area contributed by atoms with Crippen LogP contribution in [0.25, 0.3) is 5.57 Å². The summed E-state index contributed by atoms with van der Waals surface area (Å²) in [5, 5.41) is 0. The highest BCUT2D eigenvalue weighted by Crippen LogP contribution is 2.26. The van der Waals surface area contributed by atoms with Crippen LogP contribution in [-0.2, 0) is 0 Å². The number of hydrogen-bond donors (Lipinski definition) is 0. The Morgan fingerprint density at radius 2 is 1.30 bits per heavy atom. The molecule has 0 atom stereocenters. The Morgan fingerprint density at radius 1 is 0.750 bits per heavy atom. The van der Waals surface area contributed by atoms with Crippen molar-refractivity contribution in [1.82, 2.24) is 0 Å². The van der Waals surface area contributed by atoms with E-state index in [4.69, 9.17) is 0 Å². The molecule has 0 heterocycles. The summed E-state index contributed by atoms with van der Waals surface area (Å²) in [7, 11) is 0. The number of hydrogen-bond acceptors (Lipinski definition) is 0. The molecule has 20 heavy (non-hydrogen) atoms. The summed E-state index contributed by atoms with van der Waals surface area (Å²) >= 11 is 0. The molecule has 0 bridgehead atoms. The van der Waals surface area contributed by atoms with Gasteiger partial charge in [0.25, 0.3) is 0 Å². The van der Waals surface area contributed by atoms with Crippen molar-refractivity contribution in [2.75, 3.05) is 0 Å². The zero-order valence-corrected chi connectivity index (χ0v) is 12.9. The van der Waals surface area contributed by atoms with Crippen molar-refractivity contribution in [3.05, 3.63) is 77.4 Å². The van der Waals surface area contributed by atoms with Crippen LogP contribution in [0.3, 0.4) is 0 Å². The van der Waals surface area contributed by atoms with Gasteiger partial charge in [-0.05, 0) is 34.1 Å². The van der Waals surface area contributed by atoms with E-state index in [1.54, 1.807) is 0 Å². The molecule has 0 saturated heterocycles. The maximum absolute atomic E-state index is 2.35. The minimum absolute atomic E-state index is 0.537. The van der Waals surface area contributed by atoms with Crippen molar-refractivity contribution < 1.29 is 0 Å². The predicted molar refractivity (Wildman–Crippen MR) is 88.9 cm³/mol. The Labute approximate surface area is 123 Å². The van der Waals surface area contributed by atoms with Gasteiger partial charge in [0, 0.05) is 0 Å². The fourth-order valence-corrected chi connectivity index (χ4v) is 2.36. The summed E-state index contributed by atoms with van der Waals surface area (Å²) in [6, 6.07) is 19.6. The maximum atomic E-state index is 2.35. The fraction of sp³-hybridized carbons (Fsp3) is 0.300. The topological polar surface area (TPSA) is 0 Å². The minimum atomic E-state index is 0.537. The normalized spacial score (nSPS) is 12.2. The van der Waals surface area contributed by atoms with Gasteiger partial charge in [-0.25, -0.2) is 0 Å². The second-order valence-electron chi connectivity index (χ2n) is 5.97. The summed E-state index contributed by atoms with van der Waals surface area (Å²) in [5.74, 6) is 1.12. The van der Waals surface area contributed by atoms with Gasteiger partial charge in [0.05, 0.1) is 0 Å². The lowest BCUT2D eigenvalue weighted by molar-refractivity contribution is 0.833. The van der Waals surface area contributed by atoms with Gasteiger partial charge in [-0.2, -0.15) is 0 Å². The Morgan fingerprint density at radius 3 is 1.80 bits per heavy atom. The van der Waals surface area contributed by atoms with Gasteiger partial charge < -0.3 is 0 Å². The zero-order chi connectivity index (χ0) is 14.5. The van der Waals surface area contributed by atoms with Gasteiger partial charge in [0.15, 0.2) is 0 Å². The fourth-order valence-electron chi connectivity index (χ4n) is 2.36. The molecule has 0 nitrogen and oxygen atoms in total. The van der Waals surface area contributed by atoms with E-state index in [9.17, 15) is 0 Å². The molecule has 2 rings (SSSR count). The average Bonchev–Trinajstić information content (AvgIpc) is 2.45. The van der Waals surface area contributed by atoms with Gasteiger partial charge in [0.2, 0.25) is 0 Å². The molecule has 0 radical (unpaired) electrons. The first kappa shape index (κ1) is 14.6. The van der Waals surface area contributed by atoms with E-state index in [1.807, 2.05) is 0 Å². The van der Waals surface area contributed by atoms with E-state index >= 15 is 0 Å².